The van der Waals surface area contributed by atoms with E-state index in [9.17, 15) is 20.1 Å². The minimum atomic E-state index is -0.483. The molecule has 0 saturated heterocycles. The maximum atomic E-state index is 12.2. The first-order valence-electron chi connectivity index (χ1n) is 5.36. The number of carbonyl (C=O) groups is 1. The second-order valence-corrected chi connectivity index (χ2v) is 4.00. The van der Waals surface area contributed by atoms with Gasteiger partial charge in [-0.25, -0.2) is 0 Å². The van der Waals surface area contributed by atoms with Gasteiger partial charge in [-0.1, -0.05) is 24.3 Å². The predicted octanol–water partition coefficient (Wildman–Crippen LogP) is 2.34. The molecule has 0 aliphatic carbocycles. The molecule has 0 aliphatic heterocycles. The first-order valence-corrected chi connectivity index (χ1v) is 5.36. The summed E-state index contributed by atoms with van der Waals surface area (Å²) in [6, 6.07) is 8.92. The van der Waals surface area contributed by atoms with Crippen molar-refractivity contribution in [1.29, 1.82) is 0 Å². The zero-order valence-electron chi connectivity index (χ0n) is 9.71. The molecule has 4 heteroatoms. The van der Waals surface area contributed by atoms with Gasteiger partial charge in [-0.3, -0.25) is 4.79 Å². The van der Waals surface area contributed by atoms with Crippen LogP contribution in [-0.2, 0) is 0 Å². The molecule has 92 valence electrons. The van der Waals surface area contributed by atoms with E-state index in [4.69, 9.17) is 0 Å². The standard InChI is InChI=1S/C14H12O4/c1-8-4-2-3-5-10(8)14(18)13-11(16)6-9(15)7-12(13)17/h2-7,15-17H,1H3. The summed E-state index contributed by atoms with van der Waals surface area (Å²) < 4.78 is 0. The van der Waals surface area contributed by atoms with Gasteiger partial charge in [0.05, 0.1) is 0 Å². The highest BCUT2D eigenvalue weighted by Gasteiger charge is 2.20. The van der Waals surface area contributed by atoms with Crippen molar-refractivity contribution in [2.45, 2.75) is 6.92 Å². The molecular formula is C14H12O4. The third-order valence-electron chi connectivity index (χ3n) is 2.70. The van der Waals surface area contributed by atoms with Gasteiger partial charge in [-0.05, 0) is 12.5 Å². The average Bonchev–Trinajstić information content (AvgIpc) is 2.27. The number of aryl methyl sites for hydroxylation is 1. The number of hydrogen-bond donors (Lipinski definition) is 3. The smallest absolute Gasteiger partial charge is 0.200 e. The third-order valence-corrected chi connectivity index (χ3v) is 2.70. The van der Waals surface area contributed by atoms with Gasteiger partial charge in [0.2, 0.25) is 5.78 Å². The Morgan fingerprint density at radius 3 is 2.11 bits per heavy atom. The molecule has 0 fully saturated rings. The molecule has 2 aromatic rings. The summed E-state index contributed by atoms with van der Waals surface area (Å²) in [6.07, 6.45) is 0. The highest BCUT2D eigenvalue weighted by molar-refractivity contribution is 6.13. The molecule has 2 rings (SSSR count). The normalized spacial score (nSPS) is 10.3. The number of ketones is 1. The van der Waals surface area contributed by atoms with Crippen molar-refractivity contribution in [1.82, 2.24) is 0 Å². The van der Waals surface area contributed by atoms with Crippen molar-refractivity contribution in [2.75, 3.05) is 0 Å². The lowest BCUT2D eigenvalue weighted by Gasteiger charge is -2.09. The number of rotatable bonds is 2. The van der Waals surface area contributed by atoms with Gasteiger partial charge in [0.15, 0.2) is 0 Å². The van der Waals surface area contributed by atoms with Crippen molar-refractivity contribution in [3.8, 4) is 17.2 Å². The number of phenols is 3. The summed E-state index contributed by atoms with van der Waals surface area (Å²) in [5.74, 6) is -1.67. The molecule has 0 saturated carbocycles. The Kier molecular flexibility index (Phi) is 2.93. The van der Waals surface area contributed by atoms with Crippen LogP contribution < -0.4 is 0 Å². The van der Waals surface area contributed by atoms with Gasteiger partial charge < -0.3 is 15.3 Å². The van der Waals surface area contributed by atoms with Crippen LogP contribution >= 0.6 is 0 Å². The van der Waals surface area contributed by atoms with Crippen LogP contribution in [0, 0.1) is 6.92 Å². The Balaban J connectivity index is 2.57. The van der Waals surface area contributed by atoms with Crippen LogP contribution in [0.2, 0.25) is 0 Å². The molecule has 0 unspecified atom stereocenters. The lowest BCUT2D eigenvalue weighted by Crippen LogP contribution is -2.04. The highest BCUT2D eigenvalue weighted by Crippen LogP contribution is 2.33. The maximum absolute atomic E-state index is 12.2. The van der Waals surface area contributed by atoms with Crippen molar-refractivity contribution >= 4 is 5.78 Å². The SMILES string of the molecule is Cc1ccccc1C(=O)c1c(O)cc(O)cc1O. The van der Waals surface area contributed by atoms with Crippen LogP contribution in [0.1, 0.15) is 21.5 Å². The maximum Gasteiger partial charge on any atom is 0.200 e. The van der Waals surface area contributed by atoms with E-state index in [2.05, 4.69) is 0 Å². The van der Waals surface area contributed by atoms with Crippen LogP contribution in [0.4, 0.5) is 0 Å². The van der Waals surface area contributed by atoms with Crippen molar-refractivity contribution in [3.63, 3.8) is 0 Å². The molecule has 0 atom stereocenters. The fourth-order valence-electron chi connectivity index (χ4n) is 1.79. The summed E-state index contributed by atoms with van der Waals surface area (Å²) in [4.78, 5) is 12.2. The van der Waals surface area contributed by atoms with E-state index in [0.717, 1.165) is 17.7 Å². The predicted molar refractivity (Wildman–Crippen MR) is 66.0 cm³/mol. The Bertz CT molecular complexity index is 594. The summed E-state index contributed by atoms with van der Waals surface area (Å²) in [5.41, 5.74) is 0.935. The van der Waals surface area contributed by atoms with Gasteiger partial charge >= 0.3 is 0 Å². The van der Waals surface area contributed by atoms with E-state index >= 15 is 0 Å². The first-order chi connectivity index (χ1) is 8.50. The van der Waals surface area contributed by atoms with Crippen LogP contribution in [0.25, 0.3) is 0 Å². The summed E-state index contributed by atoms with van der Waals surface area (Å²) >= 11 is 0. The van der Waals surface area contributed by atoms with Gasteiger partial charge in [0, 0.05) is 17.7 Å². The largest absolute Gasteiger partial charge is 0.508 e. The lowest BCUT2D eigenvalue weighted by molar-refractivity contribution is 0.103. The second kappa shape index (κ2) is 4.41. The van der Waals surface area contributed by atoms with Crippen LogP contribution in [0.15, 0.2) is 36.4 Å². The van der Waals surface area contributed by atoms with E-state index in [1.54, 1.807) is 31.2 Å². The number of carbonyl (C=O) groups excluding carboxylic acids is 1. The van der Waals surface area contributed by atoms with E-state index < -0.39 is 17.3 Å². The third kappa shape index (κ3) is 2.00. The Morgan fingerprint density at radius 1 is 1.00 bits per heavy atom. The lowest BCUT2D eigenvalue weighted by atomic mass is 9.97. The Hall–Kier alpha value is -2.49. The van der Waals surface area contributed by atoms with Crippen molar-refractivity contribution in [2.24, 2.45) is 0 Å². The number of phenolic OH excluding ortho intramolecular Hbond substituents is 3. The highest BCUT2D eigenvalue weighted by atomic mass is 16.3. The molecule has 0 radical (unpaired) electrons. The van der Waals surface area contributed by atoms with Gasteiger partial charge in [0.25, 0.3) is 0 Å². The molecular weight excluding hydrogens is 232 g/mol. The van der Waals surface area contributed by atoms with Gasteiger partial charge in [0.1, 0.15) is 22.8 Å². The minimum absolute atomic E-state index is 0.206. The Labute approximate surface area is 104 Å². The molecule has 4 nitrogen and oxygen atoms in total. The number of benzene rings is 2. The molecule has 0 amide bonds. The van der Waals surface area contributed by atoms with Crippen molar-refractivity contribution < 1.29 is 20.1 Å². The monoisotopic (exact) mass is 244 g/mol. The van der Waals surface area contributed by atoms with Crippen LogP contribution in [0.3, 0.4) is 0 Å². The van der Waals surface area contributed by atoms with E-state index in [1.165, 1.54) is 0 Å². The van der Waals surface area contributed by atoms with Crippen LogP contribution in [0.5, 0.6) is 17.2 Å². The molecule has 3 N–H and O–H groups in total. The fourth-order valence-corrected chi connectivity index (χ4v) is 1.79. The molecule has 0 spiro atoms. The zero-order chi connectivity index (χ0) is 13.3. The van der Waals surface area contributed by atoms with E-state index in [0.29, 0.717) is 5.56 Å². The number of hydrogen-bond acceptors (Lipinski definition) is 4. The quantitative estimate of drug-likeness (QED) is 0.708. The van der Waals surface area contributed by atoms with E-state index in [-0.39, 0.29) is 11.3 Å². The fraction of sp³-hybridized carbons (Fsp3) is 0.0714. The zero-order valence-corrected chi connectivity index (χ0v) is 9.71. The van der Waals surface area contributed by atoms with Gasteiger partial charge in [-0.2, -0.15) is 0 Å². The summed E-state index contributed by atoms with van der Waals surface area (Å²) in [5, 5.41) is 28.5. The summed E-state index contributed by atoms with van der Waals surface area (Å²) in [6.45, 7) is 1.77. The van der Waals surface area contributed by atoms with Crippen molar-refractivity contribution in [3.05, 3.63) is 53.1 Å². The molecule has 0 heterocycles. The topological polar surface area (TPSA) is 77.8 Å². The minimum Gasteiger partial charge on any atom is -0.508 e. The molecule has 0 bridgehead atoms. The second-order valence-electron chi connectivity index (χ2n) is 4.00. The van der Waals surface area contributed by atoms with Gasteiger partial charge in [-0.15, -0.1) is 0 Å². The molecule has 18 heavy (non-hydrogen) atoms. The summed E-state index contributed by atoms with van der Waals surface area (Å²) in [7, 11) is 0. The average molecular weight is 244 g/mol. The van der Waals surface area contributed by atoms with E-state index in [1.807, 2.05) is 0 Å². The molecule has 0 aliphatic rings. The number of aromatic hydroxyl groups is 3. The molecule has 0 aromatic heterocycles. The van der Waals surface area contributed by atoms with Crippen LogP contribution in [-0.4, -0.2) is 21.1 Å². The first kappa shape index (κ1) is 12.0. The molecule has 2 aromatic carbocycles. The Morgan fingerprint density at radius 2 is 1.56 bits per heavy atom.